The number of hydrogen-bond donors (Lipinski definition) is 0. The van der Waals surface area contributed by atoms with Gasteiger partial charge in [-0.15, -0.1) is 0 Å². The number of hydrogen-bond acceptors (Lipinski definition) is 10. The molecule has 120 valence electrons. The molecule has 0 bridgehead atoms. The van der Waals surface area contributed by atoms with Crippen LogP contribution in [0, 0.1) is 10.4 Å². The molecule has 0 radical (unpaired) electrons. The zero-order valence-electron chi connectivity index (χ0n) is 12.1. The van der Waals surface area contributed by atoms with Gasteiger partial charge in [0.15, 0.2) is 0 Å². The lowest BCUT2D eigenvalue weighted by Crippen LogP contribution is -2.55. The quantitative estimate of drug-likeness (QED) is 0.469. The predicted molar refractivity (Wildman–Crippen MR) is 60.5 cm³/mol. The van der Waals surface area contributed by atoms with Gasteiger partial charge in [-0.25, -0.2) is 0 Å². The average Bonchev–Trinajstić information content (AvgIpc) is 3.12. The Bertz CT molecular complexity index is 642. The Labute approximate surface area is 122 Å². The van der Waals surface area contributed by atoms with E-state index in [0.29, 0.717) is 0 Å². The summed E-state index contributed by atoms with van der Waals surface area (Å²) in [6.45, 7) is 0. The van der Waals surface area contributed by atoms with Crippen LogP contribution < -0.4 is 9.81 Å². The third-order valence-electron chi connectivity index (χ3n) is 3.62. The van der Waals surface area contributed by atoms with E-state index in [0.717, 1.165) is 0 Å². The molecule has 0 atom stereocenters. The Morgan fingerprint density at radius 1 is 0.773 bits per heavy atom. The Kier molecular flexibility index (Phi) is 3.07. The van der Waals surface area contributed by atoms with E-state index in [1.165, 1.54) is 28.4 Å². The van der Waals surface area contributed by atoms with Gasteiger partial charge < -0.3 is 29.4 Å². The van der Waals surface area contributed by atoms with Crippen LogP contribution in [0.5, 0.6) is 0 Å². The second-order valence-corrected chi connectivity index (χ2v) is 4.30. The van der Waals surface area contributed by atoms with Gasteiger partial charge in [-0.3, -0.25) is 9.26 Å². The van der Waals surface area contributed by atoms with E-state index in [1.807, 2.05) is 0 Å². The number of ether oxygens (including phenoxy) is 4. The van der Waals surface area contributed by atoms with Crippen LogP contribution in [-0.2, 0) is 30.5 Å². The highest BCUT2D eigenvalue weighted by atomic mass is 16.8. The lowest BCUT2D eigenvalue weighted by molar-refractivity contribution is -0.817. The minimum Gasteiger partial charge on any atom is -0.359 e. The average molecular weight is 316 g/mol. The van der Waals surface area contributed by atoms with Crippen LogP contribution in [-0.4, -0.2) is 38.8 Å². The summed E-state index contributed by atoms with van der Waals surface area (Å²) >= 11 is 0. The number of rotatable bonds is 4. The molecule has 3 rings (SSSR count). The molecule has 0 aliphatic heterocycles. The standard InChI is InChI=1S/C10H12N4O8/c1-17-9(18-2)5-8(14(16)21-11-5)10(19-3,20-4)6-7(9)13(15)22-12-6/h1-4H3. The highest BCUT2D eigenvalue weighted by Crippen LogP contribution is 2.47. The molecule has 12 nitrogen and oxygen atoms in total. The summed E-state index contributed by atoms with van der Waals surface area (Å²) in [6.07, 6.45) is 0. The van der Waals surface area contributed by atoms with Crippen molar-refractivity contribution in [2.75, 3.05) is 28.4 Å². The SMILES string of the molecule is COC1(OC)c2no[n+]([O-])c2C(OC)(OC)c2no[n+]([O-])c21. The van der Waals surface area contributed by atoms with Crippen molar-refractivity contribution in [1.29, 1.82) is 0 Å². The summed E-state index contributed by atoms with van der Waals surface area (Å²) in [5.74, 6) is -3.74. The van der Waals surface area contributed by atoms with Gasteiger partial charge in [-0.05, 0) is 9.81 Å². The Morgan fingerprint density at radius 2 is 1.09 bits per heavy atom. The molecule has 0 aromatic carbocycles. The first-order chi connectivity index (χ1) is 10.5. The first-order valence-corrected chi connectivity index (χ1v) is 5.94. The second kappa shape index (κ2) is 4.61. The normalized spacial score (nSPS) is 18.0. The maximum absolute atomic E-state index is 12.0. The van der Waals surface area contributed by atoms with Crippen molar-refractivity contribution >= 4 is 0 Å². The van der Waals surface area contributed by atoms with Gasteiger partial charge in [-0.2, -0.15) is 0 Å². The molecule has 22 heavy (non-hydrogen) atoms. The Balaban J connectivity index is 2.46. The minimum atomic E-state index is -1.87. The summed E-state index contributed by atoms with van der Waals surface area (Å²) in [7, 11) is 5.00. The van der Waals surface area contributed by atoms with Gasteiger partial charge in [0.1, 0.15) is 0 Å². The van der Waals surface area contributed by atoms with E-state index in [1.54, 1.807) is 0 Å². The molecule has 0 saturated heterocycles. The summed E-state index contributed by atoms with van der Waals surface area (Å²) < 4.78 is 30.3. The van der Waals surface area contributed by atoms with Crippen molar-refractivity contribution in [3.05, 3.63) is 33.2 Å². The monoisotopic (exact) mass is 316 g/mol. The number of methoxy groups -OCH3 is 4. The van der Waals surface area contributed by atoms with E-state index < -0.39 is 11.6 Å². The molecule has 2 aromatic heterocycles. The fourth-order valence-corrected chi connectivity index (χ4v) is 2.65. The lowest BCUT2D eigenvalue weighted by Gasteiger charge is -2.33. The largest absolute Gasteiger partial charge is 0.359 e. The zero-order valence-corrected chi connectivity index (χ0v) is 12.1. The molecule has 12 heteroatoms. The topological polar surface area (TPSA) is 143 Å². The smallest absolute Gasteiger partial charge is 0.316 e. The van der Waals surface area contributed by atoms with E-state index >= 15 is 0 Å². The van der Waals surface area contributed by atoms with Crippen molar-refractivity contribution in [2.24, 2.45) is 0 Å². The fraction of sp³-hybridized carbons (Fsp3) is 0.600. The van der Waals surface area contributed by atoms with Gasteiger partial charge in [0.25, 0.3) is 22.8 Å². The molecular weight excluding hydrogens is 304 g/mol. The number of aromatic nitrogens is 4. The van der Waals surface area contributed by atoms with Crippen molar-refractivity contribution in [1.82, 2.24) is 10.3 Å². The van der Waals surface area contributed by atoms with Crippen molar-refractivity contribution in [2.45, 2.75) is 11.6 Å². The van der Waals surface area contributed by atoms with Gasteiger partial charge in [0, 0.05) is 38.8 Å². The molecule has 1 aliphatic rings. The predicted octanol–water partition coefficient (Wildman–Crippen LogP) is -1.77. The van der Waals surface area contributed by atoms with Gasteiger partial charge in [0.2, 0.25) is 0 Å². The molecule has 0 N–H and O–H groups in total. The van der Waals surface area contributed by atoms with Gasteiger partial charge >= 0.3 is 11.6 Å². The zero-order chi connectivity index (χ0) is 16.1. The van der Waals surface area contributed by atoms with Crippen molar-refractivity contribution < 1.29 is 38.0 Å². The molecular formula is C10H12N4O8. The molecule has 0 spiro atoms. The van der Waals surface area contributed by atoms with Crippen LogP contribution in [0.4, 0.5) is 0 Å². The molecule has 0 amide bonds. The van der Waals surface area contributed by atoms with E-state index in [9.17, 15) is 10.4 Å². The molecule has 0 unspecified atom stereocenters. The third-order valence-corrected chi connectivity index (χ3v) is 3.62. The van der Waals surface area contributed by atoms with E-state index in [-0.39, 0.29) is 32.6 Å². The maximum atomic E-state index is 12.0. The molecule has 0 fully saturated rings. The van der Waals surface area contributed by atoms with E-state index in [4.69, 9.17) is 18.9 Å². The van der Waals surface area contributed by atoms with Crippen LogP contribution in [0.2, 0.25) is 0 Å². The van der Waals surface area contributed by atoms with Crippen LogP contribution >= 0.6 is 0 Å². The van der Waals surface area contributed by atoms with E-state index in [2.05, 4.69) is 19.6 Å². The third kappa shape index (κ3) is 1.39. The number of nitrogens with zero attached hydrogens (tertiary/aromatic N) is 4. The first kappa shape index (κ1) is 14.6. The fourth-order valence-electron chi connectivity index (χ4n) is 2.65. The Hall–Kier alpha value is -2.28. The summed E-state index contributed by atoms with van der Waals surface area (Å²) in [6, 6.07) is 0. The van der Waals surface area contributed by atoms with Crippen LogP contribution in [0.1, 0.15) is 22.8 Å². The van der Waals surface area contributed by atoms with Crippen LogP contribution in [0.3, 0.4) is 0 Å². The second-order valence-electron chi connectivity index (χ2n) is 4.30. The Morgan fingerprint density at radius 3 is 1.36 bits per heavy atom. The molecule has 1 aliphatic carbocycles. The first-order valence-electron chi connectivity index (χ1n) is 5.94. The molecule has 2 aromatic rings. The number of fused-ring (bicyclic) bond motifs is 2. The van der Waals surface area contributed by atoms with Gasteiger partial charge in [-0.1, -0.05) is 0 Å². The summed E-state index contributed by atoms with van der Waals surface area (Å²) in [5, 5.41) is 31.2. The van der Waals surface area contributed by atoms with Crippen molar-refractivity contribution in [3.63, 3.8) is 0 Å². The minimum absolute atomic E-state index is 0.0574. The summed E-state index contributed by atoms with van der Waals surface area (Å²) in [5.41, 5.74) is -0.779. The maximum Gasteiger partial charge on any atom is 0.316 e. The van der Waals surface area contributed by atoms with Gasteiger partial charge in [0.05, 0.1) is 0 Å². The molecule has 0 saturated carbocycles. The lowest BCUT2D eigenvalue weighted by atomic mass is 9.90. The highest BCUT2D eigenvalue weighted by molar-refractivity contribution is 5.39. The van der Waals surface area contributed by atoms with Crippen molar-refractivity contribution in [3.8, 4) is 0 Å². The van der Waals surface area contributed by atoms with Crippen LogP contribution in [0.15, 0.2) is 9.26 Å². The molecule has 2 heterocycles. The van der Waals surface area contributed by atoms with Crippen LogP contribution in [0.25, 0.3) is 0 Å². The highest BCUT2D eigenvalue weighted by Gasteiger charge is 2.69. The summed E-state index contributed by atoms with van der Waals surface area (Å²) in [4.78, 5) is 0.115.